The van der Waals surface area contributed by atoms with Crippen molar-refractivity contribution in [2.75, 3.05) is 5.32 Å². The van der Waals surface area contributed by atoms with E-state index in [9.17, 15) is 19.5 Å². The molecule has 2 aromatic rings. The summed E-state index contributed by atoms with van der Waals surface area (Å²) in [4.78, 5) is 37.2. The summed E-state index contributed by atoms with van der Waals surface area (Å²) in [7, 11) is 0. The third kappa shape index (κ3) is 4.74. The van der Waals surface area contributed by atoms with Crippen LogP contribution in [0.25, 0.3) is 0 Å². The summed E-state index contributed by atoms with van der Waals surface area (Å²) in [6.07, 6.45) is 3.69. The lowest BCUT2D eigenvalue weighted by atomic mass is 9.76. The lowest BCUT2D eigenvalue weighted by Gasteiger charge is -2.38. The van der Waals surface area contributed by atoms with Crippen LogP contribution in [0.5, 0.6) is 0 Å². The molecular weight excluding hydrogens is 364 g/mol. The molecule has 0 unspecified atom stereocenters. The summed E-state index contributed by atoms with van der Waals surface area (Å²) in [6.45, 7) is 0. The highest BCUT2D eigenvalue weighted by Crippen LogP contribution is 2.32. The zero-order valence-electron chi connectivity index (χ0n) is 14.9. The molecule has 1 fully saturated rings. The number of carboxylic acids is 1. The summed E-state index contributed by atoms with van der Waals surface area (Å²) in [6, 6.07) is 10.6. The fourth-order valence-electron chi connectivity index (χ4n) is 3.05. The Kier molecular flexibility index (Phi) is 5.91. The number of carboxylic acid groups (broad SMARTS) is 1. The topological polar surface area (TPSA) is 95.5 Å². The van der Waals surface area contributed by atoms with E-state index in [-0.39, 0.29) is 5.91 Å². The van der Waals surface area contributed by atoms with Crippen LogP contribution < -0.4 is 10.6 Å². The molecule has 1 aliphatic carbocycles. The molecule has 6 nitrogen and oxygen atoms in total. The molecule has 0 aliphatic heterocycles. The van der Waals surface area contributed by atoms with Crippen molar-refractivity contribution < 1.29 is 19.5 Å². The first-order valence-corrected chi connectivity index (χ1v) is 9.85. The van der Waals surface area contributed by atoms with Crippen molar-refractivity contribution in [2.24, 2.45) is 0 Å². The first kappa shape index (κ1) is 19.1. The first-order valence-electron chi connectivity index (χ1n) is 8.97. The van der Waals surface area contributed by atoms with Gasteiger partial charge in [0.15, 0.2) is 0 Å². The van der Waals surface area contributed by atoms with E-state index in [4.69, 9.17) is 0 Å². The SMILES string of the molecule is O=C(CCCc1cccs1)Nc1cccc(C(=O)NC2(C(=O)O)CCC2)c1. The van der Waals surface area contributed by atoms with Crippen LogP contribution in [0.15, 0.2) is 41.8 Å². The van der Waals surface area contributed by atoms with Crippen LogP contribution in [0.3, 0.4) is 0 Å². The number of benzene rings is 1. The Morgan fingerprint density at radius 2 is 1.96 bits per heavy atom. The van der Waals surface area contributed by atoms with Crippen LogP contribution in [-0.2, 0) is 16.0 Å². The van der Waals surface area contributed by atoms with Gasteiger partial charge in [-0.1, -0.05) is 12.1 Å². The number of aryl methyl sites for hydroxylation is 1. The molecule has 142 valence electrons. The maximum atomic E-state index is 12.4. The van der Waals surface area contributed by atoms with E-state index in [1.54, 1.807) is 35.6 Å². The highest BCUT2D eigenvalue weighted by Gasteiger charge is 2.45. The van der Waals surface area contributed by atoms with Crippen LogP contribution in [0.1, 0.15) is 47.3 Å². The van der Waals surface area contributed by atoms with E-state index in [1.807, 2.05) is 11.4 Å². The van der Waals surface area contributed by atoms with Crippen molar-refractivity contribution in [2.45, 2.75) is 44.1 Å². The first-order chi connectivity index (χ1) is 13.0. The Balaban J connectivity index is 1.54. The Labute approximate surface area is 161 Å². The molecule has 1 aromatic carbocycles. The molecular formula is C20H22N2O4S. The van der Waals surface area contributed by atoms with Gasteiger partial charge in [-0.15, -0.1) is 11.3 Å². The Hall–Kier alpha value is -2.67. The summed E-state index contributed by atoms with van der Waals surface area (Å²) in [5.74, 6) is -1.55. The Bertz CT molecular complexity index is 828. The maximum Gasteiger partial charge on any atom is 0.329 e. The molecule has 0 atom stereocenters. The maximum absolute atomic E-state index is 12.4. The standard InChI is InChI=1S/C20H22N2O4S/c23-17(9-2-7-16-8-3-12-27-16)21-15-6-1-5-14(13-15)18(24)22-20(19(25)26)10-4-11-20/h1,3,5-6,8,12-13H,2,4,7,9-11H2,(H,21,23)(H,22,24)(H,25,26). The van der Waals surface area contributed by atoms with Gasteiger partial charge in [0.2, 0.25) is 5.91 Å². The van der Waals surface area contributed by atoms with Crippen LogP contribution in [0.2, 0.25) is 0 Å². The van der Waals surface area contributed by atoms with E-state index in [0.29, 0.717) is 30.5 Å². The van der Waals surface area contributed by atoms with Crippen LogP contribution in [0, 0.1) is 0 Å². The molecule has 2 amide bonds. The zero-order chi connectivity index (χ0) is 19.3. The molecule has 0 saturated heterocycles. The predicted molar refractivity (Wildman–Crippen MR) is 104 cm³/mol. The number of nitrogens with one attached hydrogen (secondary N) is 2. The number of hydrogen-bond acceptors (Lipinski definition) is 4. The predicted octanol–water partition coefficient (Wildman–Crippen LogP) is 3.45. The van der Waals surface area contributed by atoms with Gasteiger partial charge in [-0.2, -0.15) is 0 Å². The largest absolute Gasteiger partial charge is 0.480 e. The normalized spacial score (nSPS) is 14.8. The number of amides is 2. The lowest BCUT2D eigenvalue weighted by molar-refractivity contribution is -0.148. The molecule has 1 aliphatic rings. The van der Waals surface area contributed by atoms with Gasteiger partial charge in [-0.3, -0.25) is 9.59 Å². The van der Waals surface area contributed by atoms with E-state index in [0.717, 1.165) is 19.3 Å². The number of rotatable bonds is 8. The van der Waals surface area contributed by atoms with E-state index >= 15 is 0 Å². The highest BCUT2D eigenvalue weighted by molar-refractivity contribution is 7.09. The van der Waals surface area contributed by atoms with E-state index in [2.05, 4.69) is 16.7 Å². The zero-order valence-corrected chi connectivity index (χ0v) is 15.7. The minimum Gasteiger partial charge on any atom is -0.480 e. The van der Waals surface area contributed by atoms with Crippen molar-refractivity contribution in [3.8, 4) is 0 Å². The lowest BCUT2D eigenvalue weighted by Crippen LogP contribution is -2.59. The van der Waals surface area contributed by atoms with Crippen molar-refractivity contribution >= 4 is 34.8 Å². The fourth-order valence-corrected chi connectivity index (χ4v) is 3.80. The van der Waals surface area contributed by atoms with Gasteiger partial charge in [-0.25, -0.2) is 4.79 Å². The van der Waals surface area contributed by atoms with Gasteiger partial charge in [0.1, 0.15) is 5.54 Å². The number of carbonyl (C=O) groups excluding carboxylic acids is 2. The molecule has 1 aromatic heterocycles. The van der Waals surface area contributed by atoms with Gasteiger partial charge in [0.25, 0.3) is 5.91 Å². The Morgan fingerprint density at radius 1 is 1.15 bits per heavy atom. The van der Waals surface area contributed by atoms with Gasteiger partial charge in [-0.05, 0) is 61.7 Å². The van der Waals surface area contributed by atoms with Crippen LogP contribution in [0.4, 0.5) is 5.69 Å². The monoisotopic (exact) mass is 386 g/mol. The summed E-state index contributed by atoms with van der Waals surface area (Å²) in [5.41, 5.74) is -0.293. The fraction of sp³-hybridized carbons (Fsp3) is 0.350. The Morgan fingerprint density at radius 3 is 2.59 bits per heavy atom. The number of aliphatic carboxylic acids is 1. The molecule has 0 radical (unpaired) electrons. The quantitative estimate of drug-likeness (QED) is 0.647. The average Bonchev–Trinajstić information content (AvgIpc) is 3.11. The average molecular weight is 386 g/mol. The molecule has 1 saturated carbocycles. The van der Waals surface area contributed by atoms with Gasteiger partial charge in [0, 0.05) is 22.5 Å². The molecule has 0 spiro atoms. The number of anilines is 1. The third-order valence-electron chi connectivity index (χ3n) is 4.78. The van der Waals surface area contributed by atoms with E-state index < -0.39 is 17.4 Å². The van der Waals surface area contributed by atoms with Gasteiger partial charge in [0.05, 0.1) is 0 Å². The smallest absolute Gasteiger partial charge is 0.329 e. The second-order valence-corrected chi connectivity index (χ2v) is 7.79. The third-order valence-corrected chi connectivity index (χ3v) is 5.72. The summed E-state index contributed by atoms with van der Waals surface area (Å²) >= 11 is 1.68. The second-order valence-electron chi connectivity index (χ2n) is 6.76. The van der Waals surface area contributed by atoms with Gasteiger partial charge >= 0.3 is 5.97 Å². The molecule has 7 heteroatoms. The van der Waals surface area contributed by atoms with Crippen molar-refractivity contribution in [3.05, 3.63) is 52.2 Å². The van der Waals surface area contributed by atoms with Gasteiger partial charge < -0.3 is 15.7 Å². The van der Waals surface area contributed by atoms with Crippen molar-refractivity contribution in [1.29, 1.82) is 0 Å². The molecule has 27 heavy (non-hydrogen) atoms. The van der Waals surface area contributed by atoms with Crippen LogP contribution in [-0.4, -0.2) is 28.4 Å². The number of hydrogen-bond donors (Lipinski definition) is 3. The molecule has 1 heterocycles. The molecule has 3 N–H and O–H groups in total. The second kappa shape index (κ2) is 8.35. The minimum atomic E-state index is -1.15. The van der Waals surface area contributed by atoms with Crippen molar-refractivity contribution in [3.63, 3.8) is 0 Å². The van der Waals surface area contributed by atoms with Crippen molar-refractivity contribution in [1.82, 2.24) is 5.32 Å². The number of carbonyl (C=O) groups is 3. The highest BCUT2D eigenvalue weighted by atomic mass is 32.1. The molecule has 3 rings (SSSR count). The number of thiophene rings is 1. The summed E-state index contributed by atoms with van der Waals surface area (Å²) < 4.78 is 0. The molecule has 0 bridgehead atoms. The van der Waals surface area contributed by atoms with E-state index in [1.165, 1.54) is 4.88 Å². The van der Waals surface area contributed by atoms with Crippen LogP contribution >= 0.6 is 11.3 Å². The summed E-state index contributed by atoms with van der Waals surface area (Å²) in [5, 5.41) is 16.8. The minimum absolute atomic E-state index is 0.106.